The standard InChI is InChI=1S/C13H9Cl3O2/c14-9-2-1-8(13(16)5-9)7-18-12-4-10(15)3-11(17)6-12/h1-6,17H,7H2. The molecule has 0 amide bonds. The van der Waals surface area contributed by atoms with E-state index in [9.17, 15) is 5.11 Å². The molecule has 0 fully saturated rings. The van der Waals surface area contributed by atoms with Crippen molar-refractivity contribution in [3.8, 4) is 11.5 Å². The van der Waals surface area contributed by atoms with Crippen molar-refractivity contribution in [1.29, 1.82) is 0 Å². The van der Waals surface area contributed by atoms with Crippen molar-refractivity contribution in [2.75, 3.05) is 0 Å². The lowest BCUT2D eigenvalue weighted by Crippen LogP contribution is -1.96. The largest absolute Gasteiger partial charge is 0.508 e. The average molecular weight is 304 g/mol. The highest BCUT2D eigenvalue weighted by molar-refractivity contribution is 6.35. The van der Waals surface area contributed by atoms with Gasteiger partial charge in [-0.2, -0.15) is 0 Å². The molecular weight excluding hydrogens is 294 g/mol. The van der Waals surface area contributed by atoms with Crippen molar-refractivity contribution in [1.82, 2.24) is 0 Å². The molecule has 0 radical (unpaired) electrons. The van der Waals surface area contributed by atoms with Gasteiger partial charge in [-0.25, -0.2) is 0 Å². The molecule has 1 N–H and O–H groups in total. The zero-order chi connectivity index (χ0) is 13.1. The maximum Gasteiger partial charge on any atom is 0.124 e. The molecule has 2 aromatic carbocycles. The first-order valence-corrected chi connectivity index (χ1v) is 6.24. The smallest absolute Gasteiger partial charge is 0.124 e. The zero-order valence-corrected chi connectivity index (χ0v) is 11.4. The number of halogens is 3. The van der Waals surface area contributed by atoms with Crippen LogP contribution in [0.25, 0.3) is 0 Å². The van der Waals surface area contributed by atoms with E-state index < -0.39 is 0 Å². The summed E-state index contributed by atoms with van der Waals surface area (Å²) in [5.74, 6) is 0.533. The molecule has 94 valence electrons. The van der Waals surface area contributed by atoms with Crippen LogP contribution in [-0.2, 0) is 6.61 Å². The molecule has 0 aliphatic carbocycles. The van der Waals surface area contributed by atoms with Crippen LogP contribution in [0.2, 0.25) is 15.1 Å². The minimum Gasteiger partial charge on any atom is -0.508 e. The Morgan fingerprint density at radius 1 is 0.944 bits per heavy atom. The van der Waals surface area contributed by atoms with Gasteiger partial charge in [0.25, 0.3) is 0 Å². The van der Waals surface area contributed by atoms with Crippen LogP contribution in [0.5, 0.6) is 11.5 Å². The molecule has 0 saturated carbocycles. The second kappa shape index (κ2) is 5.70. The Morgan fingerprint density at radius 2 is 1.72 bits per heavy atom. The molecular formula is C13H9Cl3O2. The van der Waals surface area contributed by atoms with Crippen molar-refractivity contribution in [3.05, 3.63) is 57.0 Å². The Hall–Kier alpha value is -1.09. The topological polar surface area (TPSA) is 29.5 Å². The van der Waals surface area contributed by atoms with Crippen molar-refractivity contribution < 1.29 is 9.84 Å². The fourth-order valence-corrected chi connectivity index (χ4v) is 2.11. The zero-order valence-electron chi connectivity index (χ0n) is 9.16. The van der Waals surface area contributed by atoms with Crippen LogP contribution in [0, 0.1) is 0 Å². The van der Waals surface area contributed by atoms with Gasteiger partial charge in [0.15, 0.2) is 0 Å². The summed E-state index contributed by atoms with van der Waals surface area (Å²) in [7, 11) is 0. The van der Waals surface area contributed by atoms with Gasteiger partial charge >= 0.3 is 0 Å². The molecule has 2 aromatic rings. The Kier molecular flexibility index (Phi) is 4.23. The summed E-state index contributed by atoms with van der Waals surface area (Å²) in [5, 5.41) is 10.9. The van der Waals surface area contributed by atoms with E-state index in [2.05, 4.69) is 0 Å². The van der Waals surface area contributed by atoms with Gasteiger partial charge in [-0.05, 0) is 24.3 Å². The second-order valence-electron chi connectivity index (χ2n) is 3.67. The minimum atomic E-state index is 0.0553. The summed E-state index contributed by atoms with van der Waals surface area (Å²) in [6, 6.07) is 9.71. The number of phenolic OH excluding ortho intramolecular Hbond substituents is 1. The lowest BCUT2D eigenvalue weighted by atomic mass is 10.2. The maximum atomic E-state index is 9.37. The van der Waals surface area contributed by atoms with Crippen LogP contribution in [0.4, 0.5) is 0 Å². The maximum absolute atomic E-state index is 9.37. The van der Waals surface area contributed by atoms with E-state index in [0.29, 0.717) is 20.8 Å². The number of hydrogen-bond acceptors (Lipinski definition) is 2. The molecule has 0 aliphatic heterocycles. The van der Waals surface area contributed by atoms with Crippen LogP contribution < -0.4 is 4.74 Å². The molecule has 5 heteroatoms. The molecule has 2 nitrogen and oxygen atoms in total. The highest BCUT2D eigenvalue weighted by atomic mass is 35.5. The van der Waals surface area contributed by atoms with E-state index in [0.717, 1.165) is 5.56 Å². The van der Waals surface area contributed by atoms with Crippen molar-refractivity contribution >= 4 is 34.8 Å². The van der Waals surface area contributed by atoms with Gasteiger partial charge in [-0.3, -0.25) is 0 Å². The van der Waals surface area contributed by atoms with E-state index in [-0.39, 0.29) is 12.4 Å². The number of hydrogen-bond donors (Lipinski definition) is 1. The number of aromatic hydroxyl groups is 1. The first kappa shape index (κ1) is 13.3. The van der Waals surface area contributed by atoms with E-state index >= 15 is 0 Å². The minimum absolute atomic E-state index is 0.0553. The van der Waals surface area contributed by atoms with Crippen LogP contribution in [0.15, 0.2) is 36.4 Å². The molecule has 0 heterocycles. The third-order valence-electron chi connectivity index (χ3n) is 2.27. The molecule has 2 rings (SSSR count). The summed E-state index contributed by atoms with van der Waals surface area (Å²) in [5.41, 5.74) is 0.806. The third-order valence-corrected chi connectivity index (χ3v) is 3.07. The van der Waals surface area contributed by atoms with Gasteiger partial charge in [-0.1, -0.05) is 40.9 Å². The van der Waals surface area contributed by atoms with Gasteiger partial charge < -0.3 is 9.84 Å². The molecule has 0 saturated heterocycles. The first-order valence-electron chi connectivity index (χ1n) is 5.11. The predicted octanol–water partition coefficient (Wildman–Crippen LogP) is 4.93. The van der Waals surface area contributed by atoms with Crippen molar-refractivity contribution in [3.63, 3.8) is 0 Å². The Morgan fingerprint density at radius 3 is 2.39 bits per heavy atom. The molecule has 0 aliphatic rings. The van der Waals surface area contributed by atoms with E-state index in [1.807, 2.05) is 0 Å². The van der Waals surface area contributed by atoms with Crippen LogP contribution in [-0.4, -0.2) is 5.11 Å². The van der Waals surface area contributed by atoms with E-state index in [1.54, 1.807) is 24.3 Å². The van der Waals surface area contributed by atoms with Gasteiger partial charge in [0, 0.05) is 26.7 Å². The van der Waals surface area contributed by atoms with Crippen molar-refractivity contribution in [2.45, 2.75) is 6.61 Å². The Balaban J connectivity index is 2.11. The SMILES string of the molecule is Oc1cc(Cl)cc(OCc2ccc(Cl)cc2Cl)c1. The summed E-state index contributed by atoms with van der Waals surface area (Å²) in [4.78, 5) is 0. The van der Waals surface area contributed by atoms with Crippen LogP contribution in [0.3, 0.4) is 0 Å². The second-order valence-corrected chi connectivity index (χ2v) is 4.95. The number of benzene rings is 2. The molecule has 0 bridgehead atoms. The van der Waals surface area contributed by atoms with Crippen LogP contribution >= 0.6 is 34.8 Å². The summed E-state index contributed by atoms with van der Waals surface area (Å²) in [6.07, 6.45) is 0. The average Bonchev–Trinajstić information content (AvgIpc) is 2.26. The van der Waals surface area contributed by atoms with E-state index in [4.69, 9.17) is 39.5 Å². The van der Waals surface area contributed by atoms with Gasteiger partial charge in [0.05, 0.1) is 0 Å². The monoisotopic (exact) mass is 302 g/mol. The molecule has 0 spiro atoms. The summed E-state index contributed by atoms with van der Waals surface area (Å²) < 4.78 is 5.50. The molecule has 0 unspecified atom stereocenters. The predicted molar refractivity (Wildman–Crippen MR) is 73.9 cm³/mol. The molecule has 0 aromatic heterocycles. The third kappa shape index (κ3) is 3.45. The lowest BCUT2D eigenvalue weighted by Gasteiger charge is -2.08. The lowest BCUT2D eigenvalue weighted by molar-refractivity contribution is 0.304. The molecule has 0 atom stereocenters. The van der Waals surface area contributed by atoms with Crippen LogP contribution in [0.1, 0.15) is 5.56 Å². The number of rotatable bonds is 3. The fraction of sp³-hybridized carbons (Fsp3) is 0.0769. The van der Waals surface area contributed by atoms with Crippen molar-refractivity contribution in [2.24, 2.45) is 0 Å². The first-order chi connectivity index (χ1) is 8.54. The fourth-order valence-electron chi connectivity index (χ4n) is 1.43. The highest BCUT2D eigenvalue weighted by Gasteiger charge is 2.04. The number of phenols is 1. The van der Waals surface area contributed by atoms with Gasteiger partial charge in [0.2, 0.25) is 0 Å². The van der Waals surface area contributed by atoms with Gasteiger partial charge in [-0.15, -0.1) is 0 Å². The highest BCUT2D eigenvalue weighted by Crippen LogP contribution is 2.27. The summed E-state index contributed by atoms with van der Waals surface area (Å²) >= 11 is 17.6. The number of ether oxygens (including phenoxy) is 1. The normalized spacial score (nSPS) is 10.4. The Bertz CT molecular complexity index is 550. The Labute approximate surface area is 120 Å². The molecule has 18 heavy (non-hydrogen) atoms. The summed E-state index contributed by atoms with van der Waals surface area (Å²) in [6.45, 7) is 0.274. The van der Waals surface area contributed by atoms with E-state index in [1.165, 1.54) is 12.1 Å². The quantitative estimate of drug-likeness (QED) is 0.871. The van der Waals surface area contributed by atoms with Gasteiger partial charge in [0.1, 0.15) is 18.1 Å².